The van der Waals surface area contributed by atoms with Crippen LogP contribution in [0.15, 0.2) is 41.7 Å². The van der Waals surface area contributed by atoms with Crippen LogP contribution in [-0.2, 0) is 4.79 Å². The molecule has 2 aliphatic heterocycles. The molecule has 0 aliphatic carbocycles. The van der Waals surface area contributed by atoms with Crippen molar-refractivity contribution < 1.29 is 14.6 Å². The summed E-state index contributed by atoms with van der Waals surface area (Å²) >= 11 is 0. The zero-order chi connectivity index (χ0) is 15.5. The normalized spacial score (nSPS) is 23.9. The van der Waals surface area contributed by atoms with Crippen LogP contribution in [0, 0.1) is 0 Å². The van der Waals surface area contributed by atoms with E-state index >= 15 is 0 Å². The fourth-order valence-corrected chi connectivity index (χ4v) is 2.72. The van der Waals surface area contributed by atoms with E-state index in [2.05, 4.69) is 10.4 Å². The summed E-state index contributed by atoms with van der Waals surface area (Å²) in [5.41, 5.74) is 4.37. The van der Waals surface area contributed by atoms with Gasteiger partial charge in [-0.3, -0.25) is 20.2 Å². The van der Waals surface area contributed by atoms with E-state index in [9.17, 15) is 9.90 Å². The second-order valence-corrected chi connectivity index (χ2v) is 5.45. The van der Waals surface area contributed by atoms with Gasteiger partial charge in [0, 0.05) is 24.9 Å². The molecular weight excluding hydrogens is 282 g/mol. The van der Waals surface area contributed by atoms with Crippen LogP contribution in [0.3, 0.4) is 0 Å². The number of para-hydroxylation sites is 1. The lowest BCUT2D eigenvalue weighted by atomic mass is 10.0. The first-order valence-corrected chi connectivity index (χ1v) is 7.34. The van der Waals surface area contributed by atoms with Gasteiger partial charge in [0.05, 0.1) is 18.4 Å². The Balaban J connectivity index is 1.77. The van der Waals surface area contributed by atoms with Crippen molar-refractivity contribution in [3.63, 3.8) is 0 Å². The van der Waals surface area contributed by atoms with Gasteiger partial charge in [-0.2, -0.15) is 0 Å². The molecule has 6 heteroatoms. The van der Waals surface area contributed by atoms with Gasteiger partial charge in [0.1, 0.15) is 11.9 Å². The number of carbonyl (C=O) groups excluding carboxylic acids is 1. The highest BCUT2D eigenvalue weighted by Gasteiger charge is 2.28. The first-order chi connectivity index (χ1) is 10.6. The first kappa shape index (κ1) is 14.6. The number of nitrogens with one attached hydrogen (secondary N) is 1. The van der Waals surface area contributed by atoms with Crippen LogP contribution in [0.4, 0.5) is 0 Å². The van der Waals surface area contributed by atoms with Gasteiger partial charge in [-0.25, -0.2) is 0 Å². The number of fused-ring (bicyclic) bond motifs is 1. The summed E-state index contributed by atoms with van der Waals surface area (Å²) in [5, 5.41) is 11.9. The molecule has 0 radical (unpaired) electrons. The number of benzene rings is 1. The molecule has 22 heavy (non-hydrogen) atoms. The number of amides is 1. The molecule has 2 aliphatic rings. The minimum Gasteiger partial charge on any atom is -0.484 e. The van der Waals surface area contributed by atoms with E-state index in [0.717, 1.165) is 11.3 Å². The minimum absolute atomic E-state index is 0.131. The maximum atomic E-state index is 11.2. The molecule has 2 unspecified atom stereocenters. The van der Waals surface area contributed by atoms with Crippen molar-refractivity contribution in [2.45, 2.75) is 32.0 Å². The standard InChI is InChI=1S/C16H19N3O3/c1-11(20)18-19-9-8-17-13(10-19)16-7-6-14(21)12-4-2-3-5-15(12)22-16/h2-5,8-9,14,16,21H,6-7,10H2,1H3,(H,18,20). The van der Waals surface area contributed by atoms with Gasteiger partial charge in [-0.05, 0) is 18.9 Å². The van der Waals surface area contributed by atoms with Crippen LogP contribution in [0.1, 0.15) is 31.4 Å². The molecule has 0 aromatic heterocycles. The van der Waals surface area contributed by atoms with Gasteiger partial charge in [0.2, 0.25) is 5.91 Å². The Morgan fingerprint density at radius 2 is 2.23 bits per heavy atom. The molecule has 2 heterocycles. The number of rotatable bonds is 2. The van der Waals surface area contributed by atoms with E-state index in [-0.39, 0.29) is 12.0 Å². The third kappa shape index (κ3) is 3.12. The summed E-state index contributed by atoms with van der Waals surface area (Å²) in [5.74, 6) is 0.564. The van der Waals surface area contributed by atoms with Crippen LogP contribution in [0.2, 0.25) is 0 Å². The molecule has 2 N–H and O–H groups in total. The predicted octanol–water partition coefficient (Wildman–Crippen LogP) is 1.54. The molecule has 1 aromatic rings. The number of hydrogen-bond acceptors (Lipinski definition) is 5. The summed E-state index contributed by atoms with van der Waals surface area (Å²) in [4.78, 5) is 15.6. The number of hydrazine groups is 1. The average molecular weight is 301 g/mol. The maximum absolute atomic E-state index is 11.2. The highest BCUT2D eigenvalue weighted by molar-refractivity contribution is 5.92. The van der Waals surface area contributed by atoms with E-state index in [1.807, 2.05) is 24.3 Å². The molecule has 116 valence electrons. The van der Waals surface area contributed by atoms with Crippen molar-refractivity contribution in [3.05, 3.63) is 42.2 Å². The van der Waals surface area contributed by atoms with Gasteiger partial charge in [0.15, 0.2) is 0 Å². The van der Waals surface area contributed by atoms with Gasteiger partial charge in [0.25, 0.3) is 0 Å². The van der Waals surface area contributed by atoms with E-state index in [1.165, 1.54) is 6.92 Å². The molecule has 0 spiro atoms. The molecule has 1 aromatic carbocycles. The number of ether oxygens (including phenoxy) is 1. The van der Waals surface area contributed by atoms with Crippen molar-refractivity contribution in [2.24, 2.45) is 4.99 Å². The van der Waals surface area contributed by atoms with E-state index in [4.69, 9.17) is 4.74 Å². The second kappa shape index (κ2) is 6.19. The number of nitrogens with zero attached hydrogens (tertiary/aromatic N) is 2. The van der Waals surface area contributed by atoms with E-state index in [0.29, 0.717) is 25.1 Å². The number of aliphatic hydroxyl groups is 1. The van der Waals surface area contributed by atoms with Crippen LogP contribution in [0.25, 0.3) is 0 Å². The third-order valence-electron chi connectivity index (χ3n) is 3.74. The van der Waals surface area contributed by atoms with Crippen molar-refractivity contribution in [3.8, 4) is 5.75 Å². The lowest BCUT2D eigenvalue weighted by Gasteiger charge is -2.27. The highest BCUT2D eigenvalue weighted by atomic mass is 16.5. The largest absolute Gasteiger partial charge is 0.484 e. The van der Waals surface area contributed by atoms with Crippen molar-refractivity contribution >= 4 is 11.6 Å². The van der Waals surface area contributed by atoms with Crippen LogP contribution in [-0.4, -0.2) is 34.4 Å². The van der Waals surface area contributed by atoms with Gasteiger partial charge in [-0.1, -0.05) is 18.2 Å². The van der Waals surface area contributed by atoms with Gasteiger partial charge >= 0.3 is 0 Å². The summed E-state index contributed by atoms with van der Waals surface area (Å²) < 4.78 is 6.06. The van der Waals surface area contributed by atoms with Crippen LogP contribution >= 0.6 is 0 Å². The average Bonchev–Trinajstić information content (AvgIpc) is 2.67. The summed E-state index contributed by atoms with van der Waals surface area (Å²) in [6.45, 7) is 1.94. The summed E-state index contributed by atoms with van der Waals surface area (Å²) in [6.07, 6.45) is 3.92. The van der Waals surface area contributed by atoms with Crippen molar-refractivity contribution in [1.82, 2.24) is 10.4 Å². The molecular formula is C16H19N3O3. The quantitative estimate of drug-likeness (QED) is 0.869. The first-order valence-electron chi connectivity index (χ1n) is 7.34. The molecule has 0 bridgehead atoms. The smallest absolute Gasteiger partial charge is 0.235 e. The Labute approximate surface area is 129 Å². The summed E-state index contributed by atoms with van der Waals surface area (Å²) in [6, 6.07) is 7.53. The van der Waals surface area contributed by atoms with Gasteiger partial charge < -0.3 is 9.84 Å². The number of aliphatic imine (C=N–C) groups is 1. The van der Waals surface area contributed by atoms with Crippen LogP contribution in [0.5, 0.6) is 5.75 Å². The van der Waals surface area contributed by atoms with E-state index in [1.54, 1.807) is 17.4 Å². The monoisotopic (exact) mass is 301 g/mol. The van der Waals surface area contributed by atoms with E-state index < -0.39 is 6.10 Å². The van der Waals surface area contributed by atoms with Crippen molar-refractivity contribution in [1.29, 1.82) is 0 Å². The molecule has 0 saturated carbocycles. The zero-order valence-electron chi connectivity index (χ0n) is 12.4. The fourth-order valence-electron chi connectivity index (χ4n) is 2.72. The Bertz CT molecular complexity index is 627. The van der Waals surface area contributed by atoms with Crippen LogP contribution < -0.4 is 10.2 Å². The Kier molecular flexibility index (Phi) is 4.11. The Hall–Kier alpha value is -2.34. The molecule has 1 amide bonds. The second-order valence-electron chi connectivity index (χ2n) is 5.45. The number of hydrogen-bond donors (Lipinski definition) is 2. The summed E-state index contributed by atoms with van der Waals surface area (Å²) in [7, 11) is 0. The zero-order valence-corrected chi connectivity index (χ0v) is 12.4. The molecule has 3 rings (SSSR count). The third-order valence-corrected chi connectivity index (χ3v) is 3.74. The minimum atomic E-state index is -0.521. The molecule has 2 atom stereocenters. The molecule has 6 nitrogen and oxygen atoms in total. The lowest BCUT2D eigenvalue weighted by molar-refractivity contribution is -0.122. The predicted molar refractivity (Wildman–Crippen MR) is 82.1 cm³/mol. The van der Waals surface area contributed by atoms with Crippen molar-refractivity contribution in [2.75, 3.05) is 6.54 Å². The topological polar surface area (TPSA) is 74.2 Å². The number of carbonyl (C=O) groups is 1. The lowest BCUT2D eigenvalue weighted by Crippen LogP contribution is -2.45. The Morgan fingerprint density at radius 3 is 3.05 bits per heavy atom. The SMILES string of the molecule is CC(=O)NN1C=CN=C(C2CCC(O)c3ccccc3O2)C1. The highest BCUT2D eigenvalue weighted by Crippen LogP contribution is 2.33. The Morgan fingerprint density at radius 1 is 1.41 bits per heavy atom. The molecule has 0 fully saturated rings. The van der Waals surface area contributed by atoms with Gasteiger partial charge in [-0.15, -0.1) is 0 Å². The maximum Gasteiger partial charge on any atom is 0.235 e. The molecule has 0 saturated heterocycles. The fraction of sp³-hybridized carbons (Fsp3) is 0.375. The number of aliphatic hydroxyl groups excluding tert-OH is 1.